The van der Waals surface area contributed by atoms with E-state index in [1.54, 1.807) is 0 Å². The fourth-order valence-corrected chi connectivity index (χ4v) is 2.39. The van der Waals surface area contributed by atoms with Gasteiger partial charge in [-0.15, -0.1) is 0 Å². The third-order valence-electron chi connectivity index (χ3n) is 3.39. The minimum Gasteiger partial charge on any atom is -0.486 e. The van der Waals surface area contributed by atoms with E-state index in [4.69, 9.17) is 14.2 Å². The molecule has 2 aliphatic rings. The molecule has 0 aromatic heterocycles. The molecule has 1 atom stereocenters. The van der Waals surface area contributed by atoms with Gasteiger partial charge < -0.3 is 19.5 Å². The Bertz CT molecular complexity index is 402. The van der Waals surface area contributed by atoms with Crippen molar-refractivity contribution in [2.24, 2.45) is 0 Å². The summed E-state index contributed by atoms with van der Waals surface area (Å²) in [4.78, 5) is 0. The number of morpholine rings is 1. The van der Waals surface area contributed by atoms with Gasteiger partial charge in [0, 0.05) is 12.6 Å². The molecule has 1 aromatic carbocycles. The molecule has 4 heteroatoms. The molecule has 98 valence electrons. The molecule has 3 rings (SSSR count). The summed E-state index contributed by atoms with van der Waals surface area (Å²) in [5.41, 5.74) is 1.30. The lowest BCUT2D eigenvalue weighted by Crippen LogP contribution is -2.41. The first-order valence-electron chi connectivity index (χ1n) is 6.61. The summed E-state index contributed by atoms with van der Waals surface area (Å²) >= 11 is 0. The Balaban J connectivity index is 1.58. The standard InChI is InChI=1S/C14H19NO3/c1(3-12-10-16-6-5-15-12)11-2-4-13-14(9-11)18-8-7-17-13/h2,4,9,12,15H,1,3,5-8,10H2. The van der Waals surface area contributed by atoms with Gasteiger partial charge in [-0.05, 0) is 30.5 Å². The molecule has 2 aliphatic heterocycles. The van der Waals surface area contributed by atoms with Crippen LogP contribution in [0, 0.1) is 0 Å². The molecule has 0 amide bonds. The second-order valence-electron chi connectivity index (χ2n) is 4.74. The van der Waals surface area contributed by atoms with E-state index in [0.717, 1.165) is 44.1 Å². The first kappa shape index (κ1) is 11.8. The topological polar surface area (TPSA) is 39.7 Å². The molecule has 0 spiro atoms. The van der Waals surface area contributed by atoms with Crippen LogP contribution in [0.2, 0.25) is 0 Å². The smallest absolute Gasteiger partial charge is 0.161 e. The van der Waals surface area contributed by atoms with Crippen molar-refractivity contribution in [3.05, 3.63) is 23.8 Å². The molecule has 0 bridgehead atoms. The van der Waals surface area contributed by atoms with Crippen LogP contribution >= 0.6 is 0 Å². The third kappa shape index (κ3) is 2.76. The molecule has 2 heterocycles. The van der Waals surface area contributed by atoms with Crippen LogP contribution in [0.25, 0.3) is 0 Å². The monoisotopic (exact) mass is 249 g/mol. The van der Waals surface area contributed by atoms with Gasteiger partial charge in [-0.25, -0.2) is 0 Å². The zero-order valence-corrected chi connectivity index (χ0v) is 10.5. The van der Waals surface area contributed by atoms with E-state index in [0.29, 0.717) is 19.3 Å². The van der Waals surface area contributed by atoms with Crippen molar-refractivity contribution in [1.82, 2.24) is 5.32 Å². The van der Waals surface area contributed by atoms with E-state index in [-0.39, 0.29) is 0 Å². The van der Waals surface area contributed by atoms with Gasteiger partial charge in [0.2, 0.25) is 0 Å². The van der Waals surface area contributed by atoms with Crippen molar-refractivity contribution in [3.8, 4) is 11.5 Å². The van der Waals surface area contributed by atoms with E-state index in [1.165, 1.54) is 5.56 Å². The van der Waals surface area contributed by atoms with E-state index in [2.05, 4.69) is 17.4 Å². The highest BCUT2D eigenvalue weighted by Crippen LogP contribution is 2.31. The minimum absolute atomic E-state index is 0.479. The maximum atomic E-state index is 5.59. The molecule has 1 saturated heterocycles. The Morgan fingerprint density at radius 1 is 1.11 bits per heavy atom. The number of rotatable bonds is 3. The summed E-state index contributed by atoms with van der Waals surface area (Å²) < 4.78 is 16.6. The van der Waals surface area contributed by atoms with Crippen LogP contribution in [-0.2, 0) is 11.2 Å². The Morgan fingerprint density at radius 2 is 2.00 bits per heavy atom. The van der Waals surface area contributed by atoms with Gasteiger partial charge in [0.25, 0.3) is 0 Å². The number of fused-ring (bicyclic) bond motifs is 1. The van der Waals surface area contributed by atoms with Crippen LogP contribution in [0.5, 0.6) is 11.5 Å². The summed E-state index contributed by atoms with van der Waals surface area (Å²) in [6, 6.07) is 6.70. The van der Waals surface area contributed by atoms with Crippen molar-refractivity contribution in [2.45, 2.75) is 18.9 Å². The van der Waals surface area contributed by atoms with Crippen molar-refractivity contribution in [2.75, 3.05) is 33.0 Å². The molecule has 0 saturated carbocycles. The second-order valence-corrected chi connectivity index (χ2v) is 4.74. The van der Waals surface area contributed by atoms with Gasteiger partial charge in [-0.2, -0.15) is 0 Å². The van der Waals surface area contributed by atoms with Gasteiger partial charge in [0.1, 0.15) is 13.2 Å². The van der Waals surface area contributed by atoms with Gasteiger partial charge >= 0.3 is 0 Å². The lowest BCUT2D eigenvalue weighted by atomic mass is 10.0. The molecular formula is C14H19NO3. The molecule has 0 radical (unpaired) electrons. The highest BCUT2D eigenvalue weighted by Gasteiger charge is 2.15. The first-order chi connectivity index (χ1) is 8.92. The van der Waals surface area contributed by atoms with E-state index < -0.39 is 0 Å². The maximum Gasteiger partial charge on any atom is 0.161 e. The van der Waals surface area contributed by atoms with Crippen molar-refractivity contribution in [3.63, 3.8) is 0 Å². The first-order valence-corrected chi connectivity index (χ1v) is 6.61. The average molecular weight is 249 g/mol. The third-order valence-corrected chi connectivity index (χ3v) is 3.39. The van der Waals surface area contributed by atoms with Crippen molar-refractivity contribution < 1.29 is 14.2 Å². The van der Waals surface area contributed by atoms with E-state index in [1.807, 2.05) is 6.07 Å². The number of nitrogens with one attached hydrogen (secondary N) is 1. The summed E-state index contributed by atoms with van der Waals surface area (Å²) in [7, 11) is 0. The molecule has 1 N–H and O–H groups in total. The quantitative estimate of drug-likeness (QED) is 0.878. The summed E-state index contributed by atoms with van der Waals surface area (Å²) in [5.74, 6) is 1.75. The number of aryl methyl sites for hydroxylation is 1. The fraction of sp³-hybridized carbons (Fsp3) is 0.571. The van der Waals surface area contributed by atoms with Crippen molar-refractivity contribution >= 4 is 0 Å². The second kappa shape index (κ2) is 5.59. The maximum absolute atomic E-state index is 5.59. The number of benzene rings is 1. The number of hydrogen-bond acceptors (Lipinski definition) is 4. The largest absolute Gasteiger partial charge is 0.486 e. The summed E-state index contributed by atoms with van der Waals surface area (Å²) in [6.07, 6.45) is 2.14. The molecule has 4 nitrogen and oxygen atoms in total. The van der Waals surface area contributed by atoms with Crippen LogP contribution in [0.3, 0.4) is 0 Å². The molecular weight excluding hydrogens is 230 g/mol. The van der Waals surface area contributed by atoms with Gasteiger partial charge in [0.05, 0.1) is 13.2 Å². The Labute approximate surface area is 107 Å². The summed E-state index contributed by atoms with van der Waals surface area (Å²) in [6.45, 7) is 3.92. The molecule has 1 unspecified atom stereocenters. The Morgan fingerprint density at radius 3 is 2.83 bits per heavy atom. The SMILES string of the molecule is c1cc2c(cc1CCC1COCCN1)OCCO2. The van der Waals surface area contributed by atoms with Crippen molar-refractivity contribution in [1.29, 1.82) is 0 Å². The lowest BCUT2D eigenvalue weighted by Gasteiger charge is -2.24. The lowest BCUT2D eigenvalue weighted by molar-refractivity contribution is 0.0743. The fourth-order valence-electron chi connectivity index (χ4n) is 2.39. The van der Waals surface area contributed by atoms with Crippen LogP contribution in [0.1, 0.15) is 12.0 Å². The normalized spacial score (nSPS) is 22.8. The van der Waals surface area contributed by atoms with Gasteiger partial charge in [-0.1, -0.05) is 6.07 Å². The zero-order valence-electron chi connectivity index (χ0n) is 10.5. The predicted octanol–water partition coefficient (Wildman–Crippen LogP) is 1.38. The van der Waals surface area contributed by atoms with Crippen LogP contribution in [-0.4, -0.2) is 39.0 Å². The summed E-state index contributed by atoms with van der Waals surface area (Å²) in [5, 5.41) is 3.47. The van der Waals surface area contributed by atoms with Gasteiger partial charge in [0.15, 0.2) is 11.5 Å². The Hall–Kier alpha value is -1.26. The average Bonchev–Trinajstić information content (AvgIpc) is 2.46. The zero-order chi connectivity index (χ0) is 12.2. The van der Waals surface area contributed by atoms with Gasteiger partial charge in [-0.3, -0.25) is 0 Å². The highest BCUT2D eigenvalue weighted by molar-refractivity contribution is 5.43. The molecule has 0 aliphatic carbocycles. The van der Waals surface area contributed by atoms with E-state index in [9.17, 15) is 0 Å². The van der Waals surface area contributed by atoms with E-state index >= 15 is 0 Å². The minimum atomic E-state index is 0.479. The molecule has 18 heavy (non-hydrogen) atoms. The van der Waals surface area contributed by atoms with Crippen LogP contribution in [0.4, 0.5) is 0 Å². The number of ether oxygens (including phenoxy) is 3. The highest BCUT2D eigenvalue weighted by atomic mass is 16.6. The van der Waals surface area contributed by atoms with Crippen LogP contribution in [0.15, 0.2) is 18.2 Å². The van der Waals surface area contributed by atoms with Crippen LogP contribution < -0.4 is 14.8 Å². The Kier molecular flexibility index (Phi) is 3.67. The molecule has 1 aromatic rings. The predicted molar refractivity (Wildman–Crippen MR) is 68.4 cm³/mol. The molecule has 1 fully saturated rings. The number of hydrogen-bond donors (Lipinski definition) is 1.